The molecule has 3 heteroatoms. The highest BCUT2D eigenvalue weighted by atomic mass is 15.2. The zero-order valence-corrected chi connectivity index (χ0v) is 10.5. The Bertz CT molecular complexity index is 396. The third kappa shape index (κ3) is 1.82. The van der Waals surface area contributed by atoms with Gasteiger partial charge < -0.3 is 16.0 Å². The van der Waals surface area contributed by atoms with Gasteiger partial charge in [-0.05, 0) is 39.8 Å². The zero-order chi connectivity index (χ0) is 11.9. The van der Waals surface area contributed by atoms with Crippen LogP contribution in [0.5, 0.6) is 0 Å². The van der Waals surface area contributed by atoms with Crippen LogP contribution in [-0.2, 0) is 0 Å². The monoisotopic (exact) mass is 219 g/mol. The van der Waals surface area contributed by atoms with E-state index in [2.05, 4.69) is 44.0 Å². The number of nitrogens with zero attached hydrogens (tertiary/aromatic N) is 1. The summed E-state index contributed by atoms with van der Waals surface area (Å²) in [6.07, 6.45) is 0. The molecular weight excluding hydrogens is 198 g/mol. The van der Waals surface area contributed by atoms with Gasteiger partial charge >= 0.3 is 0 Å². The first-order valence-electron chi connectivity index (χ1n) is 5.84. The number of nitrogen functional groups attached to an aromatic ring is 1. The topological polar surface area (TPSA) is 41.3 Å². The van der Waals surface area contributed by atoms with E-state index in [0.717, 1.165) is 23.6 Å². The van der Waals surface area contributed by atoms with Gasteiger partial charge in [0.05, 0.1) is 17.1 Å². The summed E-state index contributed by atoms with van der Waals surface area (Å²) in [4.78, 5) is 2.38. The van der Waals surface area contributed by atoms with Crippen molar-refractivity contribution in [1.29, 1.82) is 0 Å². The van der Waals surface area contributed by atoms with Gasteiger partial charge in [0.15, 0.2) is 0 Å². The van der Waals surface area contributed by atoms with Crippen LogP contribution in [0.4, 0.5) is 17.1 Å². The van der Waals surface area contributed by atoms with Crippen LogP contribution in [-0.4, -0.2) is 18.1 Å². The highest BCUT2D eigenvalue weighted by Gasteiger charge is 2.31. The van der Waals surface area contributed by atoms with Crippen LogP contribution in [0.15, 0.2) is 18.2 Å². The van der Waals surface area contributed by atoms with Crippen molar-refractivity contribution in [2.75, 3.05) is 22.5 Å². The van der Waals surface area contributed by atoms with E-state index in [1.54, 1.807) is 0 Å². The molecule has 0 amide bonds. The Morgan fingerprint density at radius 3 is 2.69 bits per heavy atom. The summed E-state index contributed by atoms with van der Waals surface area (Å²) < 4.78 is 0. The molecule has 0 unspecified atom stereocenters. The first-order chi connectivity index (χ1) is 7.41. The molecule has 1 aromatic carbocycles. The molecule has 1 aromatic rings. The molecule has 1 aliphatic heterocycles. The predicted molar refractivity (Wildman–Crippen MR) is 71.0 cm³/mol. The van der Waals surface area contributed by atoms with E-state index >= 15 is 0 Å². The largest absolute Gasteiger partial charge is 0.397 e. The number of benzene rings is 1. The number of hydrogen-bond acceptors (Lipinski definition) is 3. The van der Waals surface area contributed by atoms with Gasteiger partial charge in [-0.2, -0.15) is 0 Å². The molecule has 0 atom stereocenters. The number of rotatable bonds is 1. The highest BCUT2D eigenvalue weighted by molar-refractivity contribution is 5.84. The quantitative estimate of drug-likeness (QED) is 0.713. The van der Waals surface area contributed by atoms with Gasteiger partial charge in [0.1, 0.15) is 0 Å². The van der Waals surface area contributed by atoms with Crippen LogP contribution in [0.2, 0.25) is 0 Å². The van der Waals surface area contributed by atoms with Crippen LogP contribution >= 0.6 is 0 Å². The molecular formula is C13H21N3. The van der Waals surface area contributed by atoms with Gasteiger partial charge in [-0.3, -0.25) is 0 Å². The van der Waals surface area contributed by atoms with E-state index in [4.69, 9.17) is 5.73 Å². The fraction of sp³-hybridized carbons (Fsp3) is 0.538. The predicted octanol–water partition coefficient (Wildman–Crippen LogP) is 2.69. The van der Waals surface area contributed by atoms with Gasteiger partial charge in [-0.15, -0.1) is 0 Å². The summed E-state index contributed by atoms with van der Waals surface area (Å²) in [7, 11) is 0. The van der Waals surface area contributed by atoms with E-state index in [9.17, 15) is 0 Å². The van der Waals surface area contributed by atoms with Crippen molar-refractivity contribution in [3.63, 3.8) is 0 Å². The molecule has 0 spiro atoms. The van der Waals surface area contributed by atoms with Gasteiger partial charge in [0, 0.05) is 18.1 Å². The average molecular weight is 219 g/mol. The van der Waals surface area contributed by atoms with Crippen LogP contribution in [0.1, 0.15) is 27.7 Å². The van der Waals surface area contributed by atoms with Crippen LogP contribution < -0.4 is 16.0 Å². The lowest BCUT2D eigenvalue weighted by molar-refractivity contribution is 0.507. The number of nitrogens with one attached hydrogen (secondary N) is 1. The fourth-order valence-corrected chi connectivity index (χ4v) is 2.33. The molecule has 3 N–H and O–H groups in total. The first kappa shape index (κ1) is 11.1. The summed E-state index contributed by atoms with van der Waals surface area (Å²) >= 11 is 0. The Balaban J connectivity index is 2.52. The second-order valence-corrected chi connectivity index (χ2v) is 5.47. The Morgan fingerprint density at radius 2 is 2.06 bits per heavy atom. The summed E-state index contributed by atoms with van der Waals surface area (Å²) in [5.41, 5.74) is 9.31. The van der Waals surface area contributed by atoms with Crippen molar-refractivity contribution in [2.24, 2.45) is 0 Å². The molecule has 88 valence electrons. The summed E-state index contributed by atoms with van der Waals surface area (Å²) in [5.74, 6) is 0. The number of nitrogens with two attached hydrogens (primary N) is 1. The van der Waals surface area contributed by atoms with Crippen LogP contribution in [0.25, 0.3) is 0 Å². The molecule has 0 aliphatic carbocycles. The molecule has 0 saturated carbocycles. The molecule has 1 aliphatic rings. The molecule has 0 fully saturated rings. The number of fused-ring (bicyclic) bond motifs is 1. The first-order valence-corrected chi connectivity index (χ1v) is 5.84. The minimum Gasteiger partial charge on any atom is -0.397 e. The lowest BCUT2D eigenvalue weighted by Gasteiger charge is -2.44. The molecule has 0 saturated heterocycles. The van der Waals surface area contributed by atoms with Gasteiger partial charge in [-0.25, -0.2) is 0 Å². The molecule has 0 radical (unpaired) electrons. The third-order valence-corrected chi connectivity index (χ3v) is 3.02. The van der Waals surface area contributed by atoms with Crippen LogP contribution in [0.3, 0.4) is 0 Å². The minimum atomic E-state index is 0.0884. The molecule has 2 rings (SSSR count). The Hall–Kier alpha value is -1.38. The van der Waals surface area contributed by atoms with Crippen molar-refractivity contribution in [3.8, 4) is 0 Å². The van der Waals surface area contributed by atoms with E-state index in [0.29, 0.717) is 6.04 Å². The normalized spacial score (nSPS) is 18.2. The maximum absolute atomic E-state index is 6.08. The summed E-state index contributed by atoms with van der Waals surface area (Å²) in [6.45, 7) is 9.82. The van der Waals surface area contributed by atoms with Gasteiger partial charge in [-0.1, -0.05) is 6.07 Å². The molecule has 0 aromatic heterocycles. The van der Waals surface area contributed by atoms with Gasteiger partial charge in [0.25, 0.3) is 0 Å². The Kier molecular flexibility index (Phi) is 2.49. The lowest BCUT2D eigenvalue weighted by atomic mass is 9.97. The standard InChI is InChI=1S/C13H21N3/c1-9(2)16-8-13(3,4)15-11-7-5-6-10(14)12(11)16/h5-7,9,15H,8,14H2,1-4H3. The zero-order valence-electron chi connectivity index (χ0n) is 10.5. The van der Waals surface area contributed by atoms with E-state index in [1.807, 2.05) is 12.1 Å². The second kappa shape index (κ2) is 3.58. The minimum absolute atomic E-state index is 0.0884. The van der Waals surface area contributed by atoms with E-state index in [-0.39, 0.29) is 5.54 Å². The smallest absolute Gasteiger partial charge is 0.0838 e. The molecule has 0 bridgehead atoms. The van der Waals surface area contributed by atoms with Crippen LogP contribution in [0, 0.1) is 0 Å². The molecule has 3 nitrogen and oxygen atoms in total. The third-order valence-electron chi connectivity index (χ3n) is 3.02. The van der Waals surface area contributed by atoms with Gasteiger partial charge in [0.2, 0.25) is 0 Å². The SMILES string of the molecule is CC(C)N1CC(C)(C)Nc2cccc(N)c21. The van der Waals surface area contributed by atoms with Crippen molar-refractivity contribution < 1.29 is 0 Å². The van der Waals surface area contributed by atoms with Crippen molar-refractivity contribution in [3.05, 3.63) is 18.2 Å². The summed E-state index contributed by atoms with van der Waals surface area (Å²) in [5, 5.41) is 3.54. The van der Waals surface area contributed by atoms with Crippen molar-refractivity contribution in [1.82, 2.24) is 0 Å². The lowest BCUT2D eigenvalue weighted by Crippen LogP contribution is -2.51. The highest BCUT2D eigenvalue weighted by Crippen LogP contribution is 2.39. The van der Waals surface area contributed by atoms with Crippen molar-refractivity contribution >= 4 is 17.1 Å². The maximum Gasteiger partial charge on any atom is 0.0838 e. The second-order valence-electron chi connectivity index (χ2n) is 5.47. The Morgan fingerprint density at radius 1 is 1.38 bits per heavy atom. The van der Waals surface area contributed by atoms with Crippen molar-refractivity contribution in [2.45, 2.75) is 39.3 Å². The Labute approximate surface area is 97.6 Å². The number of hydrogen-bond donors (Lipinski definition) is 2. The average Bonchev–Trinajstić information content (AvgIpc) is 2.14. The molecule has 1 heterocycles. The van der Waals surface area contributed by atoms with E-state index in [1.165, 1.54) is 0 Å². The maximum atomic E-state index is 6.08. The number of para-hydroxylation sites is 1. The number of anilines is 3. The molecule has 16 heavy (non-hydrogen) atoms. The van der Waals surface area contributed by atoms with E-state index < -0.39 is 0 Å². The summed E-state index contributed by atoms with van der Waals surface area (Å²) in [6, 6.07) is 6.53. The fourth-order valence-electron chi connectivity index (χ4n) is 2.33.